The van der Waals surface area contributed by atoms with Crippen LogP contribution in [0.3, 0.4) is 0 Å². The second-order valence-electron chi connectivity index (χ2n) is 21.7. The van der Waals surface area contributed by atoms with E-state index in [4.69, 9.17) is 23.7 Å². The smallest absolute Gasteiger partial charge is 0.139 e. The molecule has 0 aliphatic heterocycles. The van der Waals surface area contributed by atoms with Gasteiger partial charge in [0.1, 0.15) is 57.5 Å². The van der Waals surface area contributed by atoms with Crippen molar-refractivity contribution in [2.75, 3.05) is 0 Å². The highest BCUT2D eigenvalue weighted by Crippen LogP contribution is 2.46. The van der Waals surface area contributed by atoms with Crippen LogP contribution in [0.25, 0.3) is 108 Å². The quantitative estimate of drug-likeness (QED) is 0.114. The summed E-state index contributed by atoms with van der Waals surface area (Å²) < 4.78 is 34.1. The van der Waals surface area contributed by atoms with Gasteiger partial charge in [0.15, 0.2) is 0 Å². The van der Waals surface area contributed by atoms with Gasteiger partial charge in [-0.05, 0) is 243 Å². The van der Waals surface area contributed by atoms with E-state index in [0.717, 1.165) is 88.3 Å². The van der Waals surface area contributed by atoms with Crippen LogP contribution in [0.4, 0.5) is 0 Å². The number of rotatable bonds is 12. The summed E-state index contributed by atoms with van der Waals surface area (Å²) in [5, 5.41) is 18.5. The van der Waals surface area contributed by atoms with Crippen molar-refractivity contribution in [3.8, 4) is 79.7 Å². The molecular weight excluding hydrogens is 1040 g/mol. The Bertz CT molecular complexity index is 4670. The van der Waals surface area contributed by atoms with Gasteiger partial charge in [-0.1, -0.05) is 158 Å². The number of hydrogen-bond donors (Lipinski definition) is 0. The Morgan fingerprint density at radius 2 is 0.353 bits per heavy atom. The van der Waals surface area contributed by atoms with Crippen LogP contribution in [0.2, 0.25) is 0 Å². The van der Waals surface area contributed by atoms with Gasteiger partial charge in [-0.25, -0.2) is 0 Å². The fourth-order valence-corrected chi connectivity index (χ4v) is 11.9. The van der Waals surface area contributed by atoms with Gasteiger partial charge in [-0.2, -0.15) is 0 Å². The maximum absolute atomic E-state index is 6.87. The molecule has 0 aromatic heterocycles. The highest BCUT2D eigenvalue weighted by atomic mass is 16.5. The predicted octanol–water partition coefficient (Wildman–Crippen LogP) is 23.2. The fourth-order valence-electron chi connectivity index (χ4n) is 11.9. The molecule has 0 aliphatic carbocycles. The molecule has 16 aromatic carbocycles. The van der Waals surface area contributed by atoms with Crippen molar-refractivity contribution in [1.29, 1.82) is 0 Å². The molecule has 5 nitrogen and oxygen atoms in total. The summed E-state index contributed by atoms with van der Waals surface area (Å²) in [5.41, 5.74) is 3.42. The van der Waals surface area contributed by atoms with Crippen LogP contribution in [-0.4, -0.2) is 0 Å². The van der Waals surface area contributed by atoms with E-state index in [0.29, 0.717) is 34.5 Å². The number of benzene rings is 16. The van der Waals surface area contributed by atoms with Gasteiger partial charge in [0, 0.05) is 0 Å². The second-order valence-corrected chi connectivity index (χ2v) is 21.7. The molecule has 16 rings (SSSR count). The van der Waals surface area contributed by atoms with Crippen molar-refractivity contribution in [3.63, 3.8) is 0 Å². The highest BCUT2D eigenvalue weighted by molar-refractivity contribution is 6.02. The minimum Gasteiger partial charge on any atom is -0.457 e. The molecule has 0 atom stereocenters. The van der Waals surface area contributed by atoms with E-state index in [1.54, 1.807) is 0 Å². The van der Waals surface area contributed by atoms with Crippen molar-refractivity contribution in [2.45, 2.75) is 0 Å². The molecule has 85 heavy (non-hydrogen) atoms. The van der Waals surface area contributed by atoms with Gasteiger partial charge in [-0.3, -0.25) is 0 Å². The normalized spacial score (nSPS) is 11.5. The molecule has 0 unspecified atom stereocenters. The molecular formula is C80H50O5. The van der Waals surface area contributed by atoms with Gasteiger partial charge in [0.05, 0.1) is 11.1 Å². The molecule has 0 aliphatic rings. The fraction of sp³-hybridized carbons (Fsp3) is 0. The lowest BCUT2D eigenvalue weighted by molar-refractivity contribution is 0.464. The van der Waals surface area contributed by atoms with Crippen molar-refractivity contribution in [3.05, 3.63) is 303 Å². The van der Waals surface area contributed by atoms with Gasteiger partial charge in [0.2, 0.25) is 0 Å². The summed E-state index contributed by atoms with van der Waals surface area (Å²) in [6.07, 6.45) is 0. The zero-order valence-electron chi connectivity index (χ0n) is 45.9. The maximum atomic E-state index is 6.87. The van der Waals surface area contributed by atoms with Crippen LogP contribution in [0.1, 0.15) is 0 Å². The zero-order valence-corrected chi connectivity index (χ0v) is 45.9. The van der Waals surface area contributed by atoms with Crippen LogP contribution in [-0.2, 0) is 0 Å². The summed E-state index contributed by atoms with van der Waals surface area (Å²) in [6.45, 7) is 0. The Morgan fingerprint density at radius 1 is 0.141 bits per heavy atom. The van der Waals surface area contributed by atoms with Gasteiger partial charge < -0.3 is 23.7 Å². The van der Waals surface area contributed by atoms with E-state index in [2.05, 4.69) is 218 Å². The third-order valence-corrected chi connectivity index (χ3v) is 16.1. The monoisotopic (exact) mass is 1090 g/mol. The zero-order chi connectivity index (χ0) is 56.2. The molecule has 16 aromatic rings. The molecule has 0 bridgehead atoms. The van der Waals surface area contributed by atoms with E-state index in [1.165, 1.54) is 43.1 Å². The van der Waals surface area contributed by atoms with Crippen LogP contribution in [0, 0.1) is 0 Å². The molecule has 5 heteroatoms. The molecule has 0 radical (unpaired) electrons. The molecule has 400 valence electrons. The van der Waals surface area contributed by atoms with Crippen LogP contribution < -0.4 is 23.7 Å². The van der Waals surface area contributed by atoms with Crippen LogP contribution >= 0.6 is 0 Å². The molecule has 0 spiro atoms. The highest BCUT2D eigenvalue weighted by Gasteiger charge is 2.19. The van der Waals surface area contributed by atoms with Gasteiger partial charge >= 0.3 is 0 Å². The molecule has 0 amide bonds. The van der Waals surface area contributed by atoms with Crippen LogP contribution in [0.5, 0.6) is 57.5 Å². The lowest BCUT2D eigenvalue weighted by Gasteiger charge is -2.18. The first kappa shape index (κ1) is 49.4. The summed E-state index contributed by atoms with van der Waals surface area (Å²) in [5.74, 6) is 6.85. The van der Waals surface area contributed by atoms with E-state index in [-0.39, 0.29) is 0 Å². The number of fused-ring (bicyclic) bond motifs is 8. The van der Waals surface area contributed by atoms with Crippen LogP contribution in [0.15, 0.2) is 303 Å². The lowest BCUT2D eigenvalue weighted by Crippen LogP contribution is -1.94. The first-order valence-corrected chi connectivity index (χ1v) is 28.6. The van der Waals surface area contributed by atoms with Gasteiger partial charge in [0.25, 0.3) is 0 Å². The van der Waals surface area contributed by atoms with Crippen molar-refractivity contribution >= 4 is 86.2 Å². The van der Waals surface area contributed by atoms with E-state index in [1.807, 2.05) is 84.9 Å². The number of hydrogen-bond acceptors (Lipinski definition) is 5. The number of ether oxygens (including phenoxy) is 5. The first-order chi connectivity index (χ1) is 42.0. The molecule has 0 fully saturated rings. The summed E-state index contributed by atoms with van der Waals surface area (Å²) in [4.78, 5) is 0. The van der Waals surface area contributed by atoms with E-state index >= 15 is 0 Å². The Labute approximate surface area is 490 Å². The minimum atomic E-state index is 0.657. The Morgan fingerprint density at radius 3 is 0.600 bits per heavy atom. The SMILES string of the molecule is c1cc(Oc2ccc3cc4ccccc4cc3c2)c(-c2ccc(Oc3ccc(-c4c(Oc5ccc6cc7ccccc7cc6c5)cccc4Oc4ccc5cc6ccccc6cc5c4)cc3)cc2)c(Oc2ccc3cc4ccccc4cc3c2)c1. The Kier molecular flexibility index (Phi) is 12.1. The van der Waals surface area contributed by atoms with Crippen molar-refractivity contribution < 1.29 is 23.7 Å². The predicted molar refractivity (Wildman–Crippen MR) is 350 cm³/mol. The third kappa shape index (κ3) is 9.76. The first-order valence-electron chi connectivity index (χ1n) is 28.6. The van der Waals surface area contributed by atoms with Crippen molar-refractivity contribution in [1.82, 2.24) is 0 Å². The van der Waals surface area contributed by atoms with Crippen molar-refractivity contribution in [2.24, 2.45) is 0 Å². The largest absolute Gasteiger partial charge is 0.457 e. The van der Waals surface area contributed by atoms with E-state index in [9.17, 15) is 0 Å². The average Bonchev–Trinajstić information content (AvgIpc) is 3.72. The van der Waals surface area contributed by atoms with E-state index < -0.39 is 0 Å². The summed E-state index contributed by atoms with van der Waals surface area (Å²) in [6, 6.07) is 105. The standard InChI is InChI=1S/C80H50O5/c1-5-15-57-43-65-47-71(35-27-61(65)39-53(57)11-1)82-75-19-9-20-76(83-72-36-28-62-40-54-12-2-6-16-58(54)44-66(62)48-72)79(75)51-23-31-69(32-24-51)81-70-33-25-52(26-34-70)80-77(84-73-37-29-63-41-55-13-3-7-17-59(55)45-67(63)49-73)21-10-22-78(80)85-74-38-30-64-42-56-14-4-8-18-60(56)46-68(64)50-74/h1-50H. The third-order valence-electron chi connectivity index (χ3n) is 16.1. The van der Waals surface area contributed by atoms with Gasteiger partial charge in [-0.15, -0.1) is 0 Å². The Hall–Kier alpha value is -11.4. The summed E-state index contributed by atoms with van der Waals surface area (Å²) >= 11 is 0. The second kappa shape index (κ2) is 20.9. The topological polar surface area (TPSA) is 46.2 Å². The Balaban J connectivity index is 0.722. The maximum Gasteiger partial charge on any atom is 0.139 e. The average molecular weight is 1090 g/mol. The molecule has 0 N–H and O–H groups in total. The lowest BCUT2D eigenvalue weighted by atomic mass is 10.0. The summed E-state index contributed by atoms with van der Waals surface area (Å²) in [7, 11) is 0. The minimum absolute atomic E-state index is 0.657. The molecule has 0 saturated carbocycles. The molecule has 0 heterocycles. The molecule has 0 saturated heterocycles.